The van der Waals surface area contributed by atoms with Crippen molar-refractivity contribution >= 4 is 10.0 Å². The van der Waals surface area contributed by atoms with E-state index in [1.54, 1.807) is 12.1 Å². The summed E-state index contributed by atoms with van der Waals surface area (Å²) < 4.78 is 34.6. The van der Waals surface area contributed by atoms with Crippen LogP contribution < -0.4 is 9.88 Å². The quantitative estimate of drug-likeness (QED) is 0.808. The molecule has 19 heavy (non-hydrogen) atoms. The number of para-hydroxylation sites is 1. The van der Waals surface area contributed by atoms with Crippen LogP contribution in [0.3, 0.4) is 0 Å². The second kappa shape index (κ2) is 5.48. The van der Waals surface area contributed by atoms with Gasteiger partial charge in [0.1, 0.15) is 5.75 Å². The van der Waals surface area contributed by atoms with Crippen molar-refractivity contribution in [2.75, 3.05) is 6.61 Å². The number of nitrogens with two attached hydrogens (primary N) is 1. The number of ether oxygens (including phenoxy) is 2. The minimum Gasteiger partial charge on any atom is -0.447 e. The number of hydrogen-bond donors (Lipinski definition) is 1. The number of hydrogen-bond acceptors (Lipinski definition) is 4. The van der Waals surface area contributed by atoms with E-state index in [1.165, 1.54) is 0 Å². The number of benzene rings is 1. The van der Waals surface area contributed by atoms with Crippen LogP contribution in [0.25, 0.3) is 0 Å². The van der Waals surface area contributed by atoms with Crippen molar-refractivity contribution in [2.24, 2.45) is 5.14 Å². The number of primary sulfonamides is 1. The zero-order valence-corrected chi connectivity index (χ0v) is 11.8. The molecule has 1 heterocycles. The SMILES string of the molecule is CCCCCOC1(S(N)(=O)=O)Cc2ccccc2O1. The average molecular weight is 285 g/mol. The maximum absolute atomic E-state index is 11.8. The minimum atomic E-state index is -3.96. The Morgan fingerprint density at radius 1 is 1.37 bits per heavy atom. The monoisotopic (exact) mass is 285 g/mol. The van der Waals surface area contributed by atoms with Gasteiger partial charge in [0.2, 0.25) is 0 Å². The van der Waals surface area contributed by atoms with Gasteiger partial charge in [-0.15, -0.1) is 0 Å². The van der Waals surface area contributed by atoms with Gasteiger partial charge in [0.05, 0.1) is 13.0 Å². The van der Waals surface area contributed by atoms with Gasteiger partial charge in [-0.1, -0.05) is 38.0 Å². The van der Waals surface area contributed by atoms with Crippen molar-refractivity contribution in [3.05, 3.63) is 29.8 Å². The largest absolute Gasteiger partial charge is 0.447 e. The molecule has 1 atom stereocenters. The molecule has 0 aliphatic carbocycles. The molecule has 0 saturated heterocycles. The predicted octanol–water partition coefficient (Wildman–Crippen LogP) is 1.77. The van der Waals surface area contributed by atoms with Gasteiger partial charge in [0, 0.05) is 5.56 Å². The second-order valence-electron chi connectivity index (χ2n) is 4.67. The summed E-state index contributed by atoms with van der Waals surface area (Å²) in [6, 6.07) is 7.16. The fourth-order valence-electron chi connectivity index (χ4n) is 2.09. The van der Waals surface area contributed by atoms with Gasteiger partial charge < -0.3 is 9.47 Å². The number of unbranched alkanes of at least 4 members (excludes halogenated alkanes) is 2. The van der Waals surface area contributed by atoms with Crippen molar-refractivity contribution < 1.29 is 17.9 Å². The lowest BCUT2D eigenvalue weighted by atomic mass is 10.2. The Morgan fingerprint density at radius 2 is 2.11 bits per heavy atom. The van der Waals surface area contributed by atoms with E-state index in [1.807, 2.05) is 12.1 Å². The van der Waals surface area contributed by atoms with Gasteiger partial charge in [0.15, 0.2) is 0 Å². The van der Waals surface area contributed by atoms with Gasteiger partial charge in [-0.2, -0.15) is 0 Å². The molecule has 0 bridgehead atoms. The van der Waals surface area contributed by atoms with Gasteiger partial charge in [-0.25, -0.2) is 13.6 Å². The lowest BCUT2D eigenvalue weighted by Gasteiger charge is -2.26. The van der Waals surface area contributed by atoms with Crippen LogP contribution >= 0.6 is 0 Å². The molecule has 1 aliphatic rings. The first-order chi connectivity index (χ1) is 8.98. The minimum absolute atomic E-state index is 0.133. The molecule has 2 N–H and O–H groups in total. The molecule has 0 saturated carbocycles. The van der Waals surface area contributed by atoms with E-state index >= 15 is 0 Å². The number of rotatable bonds is 6. The van der Waals surface area contributed by atoms with E-state index in [2.05, 4.69) is 6.92 Å². The van der Waals surface area contributed by atoms with E-state index in [4.69, 9.17) is 14.6 Å². The van der Waals surface area contributed by atoms with E-state index in [0.717, 1.165) is 24.8 Å². The molecule has 0 amide bonds. The number of fused-ring (bicyclic) bond motifs is 1. The van der Waals surface area contributed by atoms with Crippen LogP contribution in [0.2, 0.25) is 0 Å². The fraction of sp³-hybridized carbons (Fsp3) is 0.538. The van der Waals surface area contributed by atoms with Crippen molar-refractivity contribution in [1.82, 2.24) is 0 Å². The Kier molecular flexibility index (Phi) is 4.13. The van der Waals surface area contributed by atoms with Crippen LogP contribution in [-0.4, -0.2) is 20.1 Å². The predicted molar refractivity (Wildman–Crippen MR) is 72.1 cm³/mol. The third kappa shape index (κ3) is 2.91. The molecular formula is C13H19NO4S. The molecule has 1 unspecified atom stereocenters. The first-order valence-electron chi connectivity index (χ1n) is 6.42. The zero-order valence-electron chi connectivity index (χ0n) is 11.0. The summed E-state index contributed by atoms with van der Waals surface area (Å²) >= 11 is 0. The summed E-state index contributed by atoms with van der Waals surface area (Å²) in [6.07, 6.45) is 2.93. The molecule has 6 heteroatoms. The third-order valence-electron chi connectivity index (χ3n) is 3.15. The molecule has 0 radical (unpaired) electrons. The third-order valence-corrected chi connectivity index (χ3v) is 4.36. The van der Waals surface area contributed by atoms with Crippen LogP contribution in [0.5, 0.6) is 5.75 Å². The maximum atomic E-state index is 11.8. The highest BCUT2D eigenvalue weighted by Crippen LogP contribution is 2.38. The lowest BCUT2D eigenvalue weighted by Crippen LogP contribution is -2.50. The van der Waals surface area contributed by atoms with E-state index < -0.39 is 15.1 Å². The normalized spacial score (nSPS) is 22.0. The van der Waals surface area contributed by atoms with Gasteiger partial charge >= 0.3 is 5.12 Å². The van der Waals surface area contributed by atoms with Crippen LogP contribution in [-0.2, 0) is 21.2 Å². The van der Waals surface area contributed by atoms with Crippen molar-refractivity contribution in [2.45, 2.75) is 37.7 Å². The maximum Gasteiger partial charge on any atom is 0.333 e. The Hall–Kier alpha value is -1.11. The molecule has 0 spiro atoms. The fourth-order valence-corrected chi connectivity index (χ4v) is 2.90. The summed E-state index contributed by atoms with van der Waals surface area (Å²) in [6.45, 7) is 2.38. The summed E-state index contributed by atoms with van der Waals surface area (Å²) in [5.41, 5.74) is 0.798. The summed E-state index contributed by atoms with van der Waals surface area (Å²) in [4.78, 5) is 0. The molecule has 106 valence electrons. The molecule has 5 nitrogen and oxygen atoms in total. The molecule has 0 aromatic heterocycles. The van der Waals surface area contributed by atoms with Crippen LogP contribution in [0.15, 0.2) is 24.3 Å². The summed E-state index contributed by atoms with van der Waals surface area (Å²) in [5.74, 6) is 0.520. The Bertz CT molecular complexity index is 516. The topological polar surface area (TPSA) is 78.6 Å². The Balaban J connectivity index is 2.16. The van der Waals surface area contributed by atoms with E-state index in [-0.39, 0.29) is 6.42 Å². The van der Waals surface area contributed by atoms with Crippen LogP contribution in [0.4, 0.5) is 0 Å². The molecule has 1 aliphatic heterocycles. The second-order valence-corrected chi connectivity index (χ2v) is 6.38. The lowest BCUT2D eigenvalue weighted by molar-refractivity contribution is -0.105. The Labute approximate surface area is 113 Å². The van der Waals surface area contributed by atoms with Gasteiger partial charge in [0.25, 0.3) is 10.0 Å². The summed E-state index contributed by atoms with van der Waals surface area (Å²) in [5, 5.41) is 3.53. The Morgan fingerprint density at radius 3 is 2.74 bits per heavy atom. The van der Waals surface area contributed by atoms with Crippen molar-refractivity contribution in [3.63, 3.8) is 0 Å². The van der Waals surface area contributed by atoms with Crippen LogP contribution in [0, 0.1) is 0 Å². The first-order valence-corrected chi connectivity index (χ1v) is 7.96. The zero-order chi connectivity index (χ0) is 13.9. The smallest absolute Gasteiger partial charge is 0.333 e. The number of sulfonamides is 1. The molecule has 2 rings (SSSR count). The highest BCUT2D eigenvalue weighted by Gasteiger charge is 2.50. The highest BCUT2D eigenvalue weighted by molar-refractivity contribution is 7.90. The van der Waals surface area contributed by atoms with E-state index in [9.17, 15) is 8.42 Å². The average Bonchev–Trinajstić information content (AvgIpc) is 2.74. The summed E-state index contributed by atoms with van der Waals surface area (Å²) in [7, 11) is -3.96. The van der Waals surface area contributed by atoms with Crippen LogP contribution in [0.1, 0.15) is 31.7 Å². The molecule has 1 aromatic carbocycles. The van der Waals surface area contributed by atoms with Gasteiger partial charge in [-0.3, -0.25) is 0 Å². The van der Waals surface area contributed by atoms with Crippen molar-refractivity contribution in [1.29, 1.82) is 0 Å². The van der Waals surface area contributed by atoms with Gasteiger partial charge in [-0.05, 0) is 12.5 Å². The highest BCUT2D eigenvalue weighted by atomic mass is 32.2. The van der Waals surface area contributed by atoms with E-state index in [0.29, 0.717) is 12.4 Å². The standard InChI is InChI=1S/C13H19NO4S/c1-2-3-6-9-17-13(19(14,15)16)10-11-7-4-5-8-12(11)18-13/h4-5,7-8H,2-3,6,9-10H2,1H3,(H2,14,15,16). The first kappa shape index (κ1) is 14.3. The molecule has 1 aromatic rings. The molecular weight excluding hydrogens is 266 g/mol. The van der Waals surface area contributed by atoms with Crippen molar-refractivity contribution in [3.8, 4) is 5.75 Å². The molecule has 0 fully saturated rings.